The molecule has 0 spiro atoms. The zero-order valence-electron chi connectivity index (χ0n) is 8.45. The van der Waals surface area contributed by atoms with E-state index >= 15 is 0 Å². The van der Waals surface area contributed by atoms with E-state index in [9.17, 15) is 9.59 Å². The van der Waals surface area contributed by atoms with Crippen molar-refractivity contribution in [2.75, 3.05) is 6.54 Å². The lowest BCUT2D eigenvalue weighted by Gasteiger charge is -1.97. The smallest absolute Gasteiger partial charge is 0.327 e. The average Bonchev–Trinajstić information content (AvgIpc) is 2.19. The van der Waals surface area contributed by atoms with Crippen LogP contribution in [0.5, 0.6) is 0 Å². The number of nitrogens with one attached hydrogen (secondary N) is 1. The largest absolute Gasteiger partial charge is 0.478 e. The molecule has 4 heteroatoms. The Labute approximate surface area is 84.3 Å². The fraction of sp³-hybridized carbons (Fsp3) is 0.400. The first-order chi connectivity index (χ1) is 6.58. The Bertz CT molecular complexity index is 200. The molecular weight excluding hydrogens is 182 g/mol. The molecule has 0 aliphatic carbocycles. The van der Waals surface area contributed by atoms with Crippen molar-refractivity contribution in [3.63, 3.8) is 0 Å². The van der Waals surface area contributed by atoms with Gasteiger partial charge in [0.15, 0.2) is 0 Å². The van der Waals surface area contributed by atoms with Gasteiger partial charge in [0.1, 0.15) is 0 Å². The molecule has 0 aromatic rings. The summed E-state index contributed by atoms with van der Waals surface area (Å²) in [4.78, 5) is 19.7. The zero-order chi connectivity index (χ0) is 11.4. The van der Waals surface area contributed by atoms with E-state index in [0.717, 1.165) is 25.5 Å². The van der Waals surface area contributed by atoms with Gasteiger partial charge in [-0.15, -0.1) is 0 Å². The van der Waals surface area contributed by atoms with Gasteiger partial charge in [-0.3, -0.25) is 4.79 Å². The molecule has 0 rings (SSSR count). The van der Waals surface area contributed by atoms with Crippen LogP contribution in [0.1, 0.15) is 19.8 Å². The van der Waals surface area contributed by atoms with Crippen molar-refractivity contribution in [2.45, 2.75) is 19.8 Å². The zero-order valence-corrected chi connectivity index (χ0v) is 8.45. The summed E-state index contributed by atoms with van der Waals surface area (Å²) in [7, 11) is 0. The van der Waals surface area contributed by atoms with Gasteiger partial charge < -0.3 is 10.4 Å². The minimum Gasteiger partial charge on any atom is -0.478 e. The molecule has 0 heterocycles. The standard InChI is InChI=1S/C7H13NO.C3H4O2/c1-3-5-6-8-7(9)4-2;1-2-3(4)5/h4H,2-3,5-6H2,1H3,(H,8,9);2H,1H2,(H,4,5). The molecule has 0 saturated heterocycles. The van der Waals surface area contributed by atoms with E-state index in [1.54, 1.807) is 0 Å². The second-order valence-corrected chi connectivity index (χ2v) is 2.39. The molecule has 14 heavy (non-hydrogen) atoms. The highest BCUT2D eigenvalue weighted by Crippen LogP contribution is 1.81. The third-order valence-electron chi connectivity index (χ3n) is 1.19. The van der Waals surface area contributed by atoms with Crippen LogP contribution in [-0.4, -0.2) is 23.5 Å². The molecule has 2 N–H and O–H groups in total. The Morgan fingerprint density at radius 2 is 1.86 bits per heavy atom. The highest BCUT2D eigenvalue weighted by molar-refractivity contribution is 5.86. The summed E-state index contributed by atoms with van der Waals surface area (Å²) in [6.45, 7) is 9.14. The monoisotopic (exact) mass is 199 g/mol. The average molecular weight is 199 g/mol. The molecule has 80 valence electrons. The highest BCUT2D eigenvalue weighted by Gasteiger charge is 1.88. The van der Waals surface area contributed by atoms with Crippen molar-refractivity contribution >= 4 is 11.9 Å². The first kappa shape index (κ1) is 14.9. The van der Waals surface area contributed by atoms with Crippen LogP contribution in [0.3, 0.4) is 0 Å². The number of carboxylic acids is 1. The summed E-state index contributed by atoms with van der Waals surface area (Å²) >= 11 is 0. The Kier molecular flexibility index (Phi) is 12.2. The van der Waals surface area contributed by atoms with Gasteiger partial charge in [0.05, 0.1) is 0 Å². The van der Waals surface area contributed by atoms with Gasteiger partial charge in [0.25, 0.3) is 0 Å². The summed E-state index contributed by atoms with van der Waals surface area (Å²) in [6, 6.07) is 0. The second-order valence-electron chi connectivity index (χ2n) is 2.39. The molecule has 0 radical (unpaired) electrons. The summed E-state index contributed by atoms with van der Waals surface area (Å²) in [5, 5.41) is 10.3. The van der Waals surface area contributed by atoms with E-state index in [0.29, 0.717) is 0 Å². The Morgan fingerprint density at radius 1 is 1.36 bits per heavy atom. The van der Waals surface area contributed by atoms with Crippen molar-refractivity contribution in [1.82, 2.24) is 5.32 Å². The predicted molar refractivity (Wildman–Crippen MR) is 55.9 cm³/mol. The van der Waals surface area contributed by atoms with E-state index in [-0.39, 0.29) is 5.91 Å². The Morgan fingerprint density at radius 3 is 2.14 bits per heavy atom. The maximum Gasteiger partial charge on any atom is 0.327 e. The molecule has 0 aliphatic rings. The van der Waals surface area contributed by atoms with Crippen molar-refractivity contribution in [3.05, 3.63) is 25.3 Å². The van der Waals surface area contributed by atoms with E-state index < -0.39 is 5.97 Å². The molecule has 1 amide bonds. The Balaban J connectivity index is 0. The number of carbonyl (C=O) groups excluding carboxylic acids is 1. The molecule has 0 aromatic carbocycles. The molecule has 0 aromatic heterocycles. The number of carboxylic acid groups (broad SMARTS) is 1. The van der Waals surface area contributed by atoms with Crippen LogP contribution in [-0.2, 0) is 9.59 Å². The number of amides is 1. The summed E-state index contributed by atoms with van der Waals surface area (Å²) < 4.78 is 0. The summed E-state index contributed by atoms with van der Waals surface area (Å²) in [6.07, 6.45) is 4.27. The predicted octanol–water partition coefficient (Wildman–Crippen LogP) is 1.35. The number of rotatable bonds is 5. The minimum atomic E-state index is -0.981. The van der Waals surface area contributed by atoms with Crippen molar-refractivity contribution < 1.29 is 14.7 Å². The van der Waals surface area contributed by atoms with Gasteiger partial charge in [0.2, 0.25) is 5.91 Å². The molecule has 0 unspecified atom stereocenters. The van der Waals surface area contributed by atoms with Crippen LogP contribution >= 0.6 is 0 Å². The van der Waals surface area contributed by atoms with E-state index in [1.165, 1.54) is 6.08 Å². The van der Waals surface area contributed by atoms with Gasteiger partial charge in [-0.2, -0.15) is 0 Å². The van der Waals surface area contributed by atoms with Crippen LogP contribution in [0.25, 0.3) is 0 Å². The lowest BCUT2D eigenvalue weighted by Crippen LogP contribution is -2.21. The van der Waals surface area contributed by atoms with Crippen molar-refractivity contribution in [2.24, 2.45) is 0 Å². The van der Waals surface area contributed by atoms with Gasteiger partial charge in [-0.05, 0) is 12.5 Å². The number of hydrogen-bond donors (Lipinski definition) is 2. The number of carbonyl (C=O) groups is 2. The van der Waals surface area contributed by atoms with Crippen LogP contribution in [0.4, 0.5) is 0 Å². The van der Waals surface area contributed by atoms with Crippen LogP contribution in [0.2, 0.25) is 0 Å². The molecule has 0 atom stereocenters. The third-order valence-corrected chi connectivity index (χ3v) is 1.19. The summed E-state index contributed by atoms with van der Waals surface area (Å²) in [5.41, 5.74) is 0. The maximum absolute atomic E-state index is 10.5. The first-order valence-corrected chi connectivity index (χ1v) is 4.34. The molecule has 0 saturated carbocycles. The topological polar surface area (TPSA) is 66.4 Å². The third kappa shape index (κ3) is 16.8. The van der Waals surface area contributed by atoms with Gasteiger partial charge in [0, 0.05) is 12.6 Å². The highest BCUT2D eigenvalue weighted by atomic mass is 16.4. The molecule has 0 fully saturated rings. The quantitative estimate of drug-likeness (QED) is 0.518. The lowest BCUT2D eigenvalue weighted by atomic mass is 10.3. The molecule has 0 bridgehead atoms. The van der Waals surface area contributed by atoms with Gasteiger partial charge >= 0.3 is 5.97 Å². The number of aliphatic carboxylic acids is 1. The van der Waals surface area contributed by atoms with Crippen LogP contribution in [0.15, 0.2) is 25.3 Å². The number of unbranched alkanes of at least 4 members (excludes halogenated alkanes) is 1. The van der Waals surface area contributed by atoms with Crippen LogP contribution in [0, 0.1) is 0 Å². The van der Waals surface area contributed by atoms with Crippen LogP contribution < -0.4 is 5.32 Å². The van der Waals surface area contributed by atoms with E-state index in [4.69, 9.17) is 5.11 Å². The fourth-order valence-corrected chi connectivity index (χ4v) is 0.461. The van der Waals surface area contributed by atoms with E-state index in [2.05, 4.69) is 25.4 Å². The second kappa shape index (κ2) is 11.4. The van der Waals surface area contributed by atoms with Gasteiger partial charge in [-0.25, -0.2) is 4.79 Å². The number of hydrogen-bond acceptors (Lipinski definition) is 2. The van der Waals surface area contributed by atoms with E-state index in [1.807, 2.05) is 0 Å². The minimum absolute atomic E-state index is 0.0801. The lowest BCUT2D eigenvalue weighted by molar-refractivity contribution is -0.131. The molecule has 0 aliphatic heterocycles. The SMILES string of the molecule is C=CC(=O)NCCCC.C=CC(=O)O. The fourth-order valence-electron chi connectivity index (χ4n) is 0.461. The Hall–Kier alpha value is -1.58. The van der Waals surface area contributed by atoms with Crippen molar-refractivity contribution in [3.8, 4) is 0 Å². The maximum atomic E-state index is 10.5. The molecular formula is C10H17NO3. The normalized spacial score (nSPS) is 7.79. The first-order valence-electron chi connectivity index (χ1n) is 4.34. The summed E-state index contributed by atoms with van der Waals surface area (Å²) in [5.74, 6) is -1.06. The van der Waals surface area contributed by atoms with Gasteiger partial charge in [-0.1, -0.05) is 26.5 Å². The molecule has 4 nitrogen and oxygen atoms in total. The van der Waals surface area contributed by atoms with Crippen molar-refractivity contribution in [1.29, 1.82) is 0 Å².